The largest absolute Gasteiger partial charge is 0.270 e. The van der Waals surface area contributed by atoms with E-state index < -0.39 is 10.0 Å². The van der Waals surface area contributed by atoms with Gasteiger partial charge < -0.3 is 0 Å². The van der Waals surface area contributed by atoms with E-state index in [1.165, 1.54) is 6.20 Å². The molecule has 0 aromatic carbocycles. The maximum Gasteiger partial charge on any atom is 0.242 e. The van der Waals surface area contributed by atoms with Crippen LogP contribution in [0.4, 0.5) is 0 Å². The van der Waals surface area contributed by atoms with E-state index in [1.54, 1.807) is 18.3 Å². The third-order valence-electron chi connectivity index (χ3n) is 3.88. The molecule has 0 spiro atoms. The minimum Gasteiger partial charge on any atom is -0.270 e. The summed E-state index contributed by atoms with van der Waals surface area (Å²) in [5.41, 5.74) is 1.99. The number of nitrogens with one attached hydrogen (secondary N) is 1. The van der Waals surface area contributed by atoms with Crippen LogP contribution in [0.2, 0.25) is 0 Å². The van der Waals surface area contributed by atoms with Crippen molar-refractivity contribution in [1.82, 2.24) is 19.5 Å². The van der Waals surface area contributed by atoms with Gasteiger partial charge in [0.2, 0.25) is 10.0 Å². The van der Waals surface area contributed by atoms with Crippen LogP contribution in [0.15, 0.2) is 35.6 Å². The molecule has 0 radical (unpaired) electrons. The number of sulfonamides is 1. The molecular weight excluding hydrogens is 300 g/mol. The van der Waals surface area contributed by atoms with Crippen LogP contribution in [0.3, 0.4) is 0 Å². The number of hydrogen-bond donors (Lipinski definition) is 1. The quantitative estimate of drug-likeness (QED) is 0.937. The van der Waals surface area contributed by atoms with Crippen LogP contribution < -0.4 is 4.72 Å². The molecule has 2 heterocycles. The van der Waals surface area contributed by atoms with E-state index in [9.17, 15) is 8.42 Å². The Morgan fingerprint density at radius 1 is 1.41 bits per heavy atom. The molecule has 1 N–H and O–H groups in total. The van der Waals surface area contributed by atoms with Crippen LogP contribution in [-0.2, 0) is 16.4 Å². The number of pyridine rings is 1. The van der Waals surface area contributed by atoms with Crippen LogP contribution in [-0.4, -0.2) is 23.2 Å². The molecule has 6 nitrogen and oxygen atoms in total. The van der Waals surface area contributed by atoms with Crippen molar-refractivity contribution in [2.45, 2.75) is 50.1 Å². The maximum atomic E-state index is 12.5. The van der Waals surface area contributed by atoms with Crippen molar-refractivity contribution in [3.05, 3.63) is 42.0 Å². The van der Waals surface area contributed by atoms with Crippen molar-refractivity contribution in [2.24, 2.45) is 0 Å². The fourth-order valence-electron chi connectivity index (χ4n) is 2.70. The van der Waals surface area contributed by atoms with Crippen LogP contribution in [0.5, 0.6) is 0 Å². The van der Waals surface area contributed by atoms with Gasteiger partial charge in [-0.05, 0) is 50.8 Å². The van der Waals surface area contributed by atoms with E-state index in [1.807, 2.05) is 10.9 Å². The summed E-state index contributed by atoms with van der Waals surface area (Å²) in [6, 6.07) is 3.16. The Bertz CT molecular complexity index is 753. The molecule has 0 bridgehead atoms. The lowest BCUT2D eigenvalue weighted by Gasteiger charge is -2.22. The highest BCUT2D eigenvalue weighted by atomic mass is 32.2. The summed E-state index contributed by atoms with van der Waals surface area (Å²) in [6.07, 6.45) is 7.62. The molecule has 118 valence electrons. The average molecular weight is 320 g/mol. The van der Waals surface area contributed by atoms with Crippen molar-refractivity contribution in [1.29, 1.82) is 0 Å². The fraction of sp³-hybridized carbons (Fsp3) is 0.467. The zero-order chi connectivity index (χ0) is 15.7. The summed E-state index contributed by atoms with van der Waals surface area (Å²) in [5.74, 6) is 0. The summed E-state index contributed by atoms with van der Waals surface area (Å²) in [6.45, 7) is 4.13. The van der Waals surface area contributed by atoms with Crippen LogP contribution in [0.1, 0.15) is 50.0 Å². The van der Waals surface area contributed by atoms with Gasteiger partial charge >= 0.3 is 0 Å². The average Bonchev–Trinajstić information content (AvgIpc) is 2.93. The summed E-state index contributed by atoms with van der Waals surface area (Å²) >= 11 is 0. The highest BCUT2D eigenvalue weighted by Crippen LogP contribution is 2.30. The Labute approximate surface area is 130 Å². The van der Waals surface area contributed by atoms with Gasteiger partial charge in [-0.2, -0.15) is 5.10 Å². The van der Waals surface area contributed by atoms with Crippen molar-refractivity contribution < 1.29 is 8.42 Å². The summed E-state index contributed by atoms with van der Waals surface area (Å²) < 4.78 is 29.6. The van der Waals surface area contributed by atoms with E-state index in [0.29, 0.717) is 0 Å². The lowest BCUT2D eigenvalue weighted by molar-refractivity contribution is 0.481. The second-order valence-corrected chi connectivity index (χ2v) is 7.58. The first-order valence-electron chi connectivity index (χ1n) is 7.47. The number of hydrogen-bond acceptors (Lipinski definition) is 4. The standard InChI is InChI=1S/C15H20N4O2S/c1-11(2)19-10-12-5-3-7-14(15(12)17-19)18-22(20,21)13-6-4-8-16-9-13/h4,6,8-11,14,18H,3,5,7H2,1-2H3. The predicted molar refractivity (Wildman–Crippen MR) is 82.8 cm³/mol. The molecule has 2 aromatic rings. The molecule has 2 aromatic heterocycles. The highest BCUT2D eigenvalue weighted by molar-refractivity contribution is 7.89. The molecule has 0 aliphatic heterocycles. The van der Waals surface area contributed by atoms with E-state index in [0.717, 1.165) is 30.5 Å². The number of rotatable bonds is 4. The van der Waals surface area contributed by atoms with E-state index in [4.69, 9.17) is 0 Å². The number of aromatic nitrogens is 3. The van der Waals surface area contributed by atoms with Gasteiger partial charge in [-0.3, -0.25) is 9.67 Å². The number of aryl methyl sites for hydroxylation is 1. The predicted octanol–water partition coefficient (Wildman–Crippen LogP) is 2.21. The topological polar surface area (TPSA) is 76.9 Å². The summed E-state index contributed by atoms with van der Waals surface area (Å²) in [5, 5.41) is 4.58. The summed E-state index contributed by atoms with van der Waals surface area (Å²) in [4.78, 5) is 4.06. The zero-order valence-corrected chi connectivity index (χ0v) is 13.5. The van der Waals surface area contributed by atoms with Crippen LogP contribution in [0.25, 0.3) is 0 Å². The molecule has 0 amide bonds. The minimum absolute atomic E-state index is 0.186. The fourth-order valence-corrected chi connectivity index (χ4v) is 3.90. The highest BCUT2D eigenvalue weighted by Gasteiger charge is 2.28. The normalized spacial score (nSPS) is 18.4. The van der Waals surface area contributed by atoms with Crippen molar-refractivity contribution >= 4 is 10.0 Å². The molecule has 7 heteroatoms. The lowest BCUT2D eigenvalue weighted by atomic mass is 9.94. The first-order chi connectivity index (χ1) is 10.5. The third kappa shape index (κ3) is 2.91. The molecule has 3 rings (SSSR count). The molecule has 22 heavy (non-hydrogen) atoms. The number of fused-ring (bicyclic) bond motifs is 1. The van der Waals surface area contributed by atoms with Gasteiger partial charge in [-0.25, -0.2) is 13.1 Å². The van der Waals surface area contributed by atoms with Gasteiger partial charge in [-0.15, -0.1) is 0 Å². The molecule has 1 aliphatic carbocycles. The SMILES string of the molecule is CC(C)n1cc2c(n1)C(NS(=O)(=O)c1cccnc1)CCC2. The molecule has 1 aliphatic rings. The van der Waals surface area contributed by atoms with Gasteiger partial charge in [0.1, 0.15) is 4.90 Å². The molecule has 0 saturated heterocycles. The molecule has 1 atom stereocenters. The summed E-state index contributed by atoms with van der Waals surface area (Å²) in [7, 11) is -3.58. The molecule has 0 saturated carbocycles. The molecule has 0 fully saturated rings. The van der Waals surface area contributed by atoms with Gasteiger partial charge in [0, 0.05) is 24.6 Å². The molecule has 1 unspecified atom stereocenters. The maximum absolute atomic E-state index is 12.5. The first-order valence-corrected chi connectivity index (χ1v) is 8.96. The second-order valence-electron chi connectivity index (χ2n) is 5.87. The second kappa shape index (κ2) is 5.81. The smallest absolute Gasteiger partial charge is 0.242 e. The lowest BCUT2D eigenvalue weighted by Crippen LogP contribution is -2.31. The first kappa shape index (κ1) is 15.2. The van der Waals surface area contributed by atoms with Crippen molar-refractivity contribution in [3.8, 4) is 0 Å². The Balaban J connectivity index is 1.89. The van der Waals surface area contributed by atoms with Crippen LogP contribution >= 0.6 is 0 Å². The monoisotopic (exact) mass is 320 g/mol. The molecular formula is C15H20N4O2S. The van der Waals surface area contributed by atoms with Gasteiger partial charge in [-0.1, -0.05) is 0 Å². The Hall–Kier alpha value is -1.73. The Morgan fingerprint density at radius 2 is 2.23 bits per heavy atom. The Kier molecular flexibility index (Phi) is 4.01. The minimum atomic E-state index is -3.58. The van der Waals surface area contributed by atoms with Gasteiger partial charge in [0.25, 0.3) is 0 Å². The zero-order valence-electron chi connectivity index (χ0n) is 12.7. The Morgan fingerprint density at radius 3 is 2.91 bits per heavy atom. The van der Waals surface area contributed by atoms with E-state index >= 15 is 0 Å². The van der Waals surface area contributed by atoms with Crippen LogP contribution in [0, 0.1) is 0 Å². The van der Waals surface area contributed by atoms with E-state index in [2.05, 4.69) is 28.7 Å². The van der Waals surface area contributed by atoms with Gasteiger partial charge in [0.15, 0.2) is 0 Å². The van der Waals surface area contributed by atoms with Gasteiger partial charge in [0.05, 0.1) is 11.7 Å². The third-order valence-corrected chi connectivity index (χ3v) is 5.34. The van der Waals surface area contributed by atoms with Crippen molar-refractivity contribution in [3.63, 3.8) is 0 Å². The van der Waals surface area contributed by atoms with Crippen molar-refractivity contribution in [2.75, 3.05) is 0 Å². The number of nitrogens with zero attached hydrogens (tertiary/aromatic N) is 3. The van der Waals surface area contributed by atoms with E-state index in [-0.39, 0.29) is 17.0 Å².